The Morgan fingerprint density at radius 3 is 1.71 bits per heavy atom. The fraction of sp³-hybridized carbons (Fsp3) is 0.333. The average molecular weight is 93.0 g/mol. The summed E-state index contributed by atoms with van der Waals surface area (Å²) in [6.45, 7) is 4.00. The van der Waals surface area contributed by atoms with E-state index in [-0.39, 0.29) is 0 Å². The van der Waals surface area contributed by atoms with Crippen LogP contribution in [-0.4, -0.2) is 7.28 Å². The molecule has 7 heavy (non-hydrogen) atoms. The Morgan fingerprint density at radius 1 is 1.00 bits per heavy atom. The van der Waals surface area contributed by atoms with E-state index in [0.717, 1.165) is 0 Å². The summed E-state index contributed by atoms with van der Waals surface area (Å²) in [6, 6.07) is 0. The van der Waals surface area contributed by atoms with Crippen LogP contribution < -0.4 is 0 Å². The maximum atomic E-state index is 2.00. The molecule has 0 rings (SSSR count). The van der Waals surface area contributed by atoms with E-state index in [4.69, 9.17) is 0 Å². The van der Waals surface area contributed by atoms with Gasteiger partial charge in [-0.1, -0.05) is 0 Å². The SMILES string of the molecule is C/C=C/[B]/C=C/C. The molecule has 0 heterocycles. The third-order valence-corrected chi connectivity index (χ3v) is 0.607. The van der Waals surface area contributed by atoms with Gasteiger partial charge in [-0.15, -0.1) is 24.1 Å². The van der Waals surface area contributed by atoms with Crippen molar-refractivity contribution in [2.24, 2.45) is 0 Å². The Balaban J connectivity index is 2.98. The van der Waals surface area contributed by atoms with Gasteiger partial charge < -0.3 is 0 Å². The first kappa shape index (κ1) is 6.54. The first-order chi connectivity index (χ1) is 3.41. The molecule has 0 aliphatic heterocycles. The van der Waals surface area contributed by atoms with Crippen molar-refractivity contribution in [3.05, 3.63) is 24.1 Å². The lowest BCUT2D eigenvalue weighted by molar-refractivity contribution is 1.76. The van der Waals surface area contributed by atoms with Crippen LogP contribution in [0, 0.1) is 0 Å². The molecule has 0 aromatic carbocycles. The van der Waals surface area contributed by atoms with Crippen LogP contribution in [-0.2, 0) is 0 Å². The molecule has 0 bridgehead atoms. The van der Waals surface area contributed by atoms with Gasteiger partial charge in [0, 0.05) is 0 Å². The van der Waals surface area contributed by atoms with Crippen molar-refractivity contribution >= 4 is 7.28 Å². The predicted molar refractivity (Wildman–Crippen MR) is 35.4 cm³/mol. The summed E-state index contributed by atoms with van der Waals surface area (Å²) >= 11 is 0. The zero-order chi connectivity index (χ0) is 5.54. The summed E-state index contributed by atoms with van der Waals surface area (Å²) in [5.41, 5.74) is 0. The van der Waals surface area contributed by atoms with Crippen molar-refractivity contribution in [2.75, 3.05) is 0 Å². The summed E-state index contributed by atoms with van der Waals surface area (Å²) < 4.78 is 0. The highest BCUT2D eigenvalue weighted by molar-refractivity contribution is 6.48. The van der Waals surface area contributed by atoms with Crippen molar-refractivity contribution in [1.29, 1.82) is 0 Å². The molecular weight excluding hydrogens is 82.9 g/mol. The van der Waals surface area contributed by atoms with Crippen LogP contribution in [0.5, 0.6) is 0 Å². The second-order valence-corrected chi connectivity index (χ2v) is 1.24. The summed E-state index contributed by atoms with van der Waals surface area (Å²) in [5, 5.41) is 0. The van der Waals surface area contributed by atoms with Gasteiger partial charge in [-0.3, -0.25) is 0 Å². The van der Waals surface area contributed by atoms with Crippen LogP contribution in [0.25, 0.3) is 0 Å². The smallest absolute Gasteiger partial charge is 0.121 e. The van der Waals surface area contributed by atoms with Crippen LogP contribution >= 0.6 is 0 Å². The van der Waals surface area contributed by atoms with Gasteiger partial charge in [0.15, 0.2) is 7.28 Å². The maximum absolute atomic E-state index is 2.00. The van der Waals surface area contributed by atoms with Crippen LogP contribution in [0.4, 0.5) is 0 Å². The Bertz CT molecular complexity index is 62.2. The average Bonchev–Trinajstić information content (AvgIpc) is 1.69. The van der Waals surface area contributed by atoms with Crippen LogP contribution in [0.2, 0.25) is 0 Å². The van der Waals surface area contributed by atoms with Gasteiger partial charge in [-0.25, -0.2) is 0 Å². The third kappa shape index (κ3) is 5.54. The highest BCUT2D eigenvalue weighted by Crippen LogP contribution is 1.69. The molecule has 0 aromatic heterocycles. The molecule has 0 spiro atoms. The monoisotopic (exact) mass is 93.1 g/mol. The second-order valence-electron chi connectivity index (χ2n) is 1.24. The molecule has 0 N–H and O–H groups in total. The summed E-state index contributed by atoms with van der Waals surface area (Å²) in [5.74, 6) is 4.00. The van der Waals surface area contributed by atoms with Crippen molar-refractivity contribution in [2.45, 2.75) is 13.8 Å². The van der Waals surface area contributed by atoms with Gasteiger partial charge in [0.25, 0.3) is 0 Å². The molecular formula is C6H10B. The Kier molecular flexibility index (Phi) is 5.18. The van der Waals surface area contributed by atoms with Gasteiger partial charge >= 0.3 is 0 Å². The molecule has 37 valence electrons. The largest absolute Gasteiger partial charge is 0.170 e. The number of allylic oxidation sites excluding steroid dienone is 2. The summed E-state index contributed by atoms with van der Waals surface area (Å²) in [7, 11) is 2.00. The zero-order valence-corrected chi connectivity index (χ0v) is 4.89. The topological polar surface area (TPSA) is 0 Å². The molecule has 0 aliphatic carbocycles. The van der Waals surface area contributed by atoms with Crippen LogP contribution in [0.3, 0.4) is 0 Å². The van der Waals surface area contributed by atoms with Crippen molar-refractivity contribution in [3.63, 3.8) is 0 Å². The lowest BCUT2D eigenvalue weighted by Crippen LogP contribution is -1.72. The van der Waals surface area contributed by atoms with Gasteiger partial charge in [0.05, 0.1) is 0 Å². The molecule has 1 heteroatoms. The van der Waals surface area contributed by atoms with Crippen LogP contribution in [0.15, 0.2) is 24.1 Å². The fourth-order valence-electron chi connectivity index (χ4n) is 0.286. The van der Waals surface area contributed by atoms with Crippen LogP contribution in [0.1, 0.15) is 13.8 Å². The van der Waals surface area contributed by atoms with Gasteiger partial charge in [0.1, 0.15) is 0 Å². The van der Waals surface area contributed by atoms with E-state index in [0.29, 0.717) is 0 Å². The van der Waals surface area contributed by atoms with Crippen molar-refractivity contribution in [1.82, 2.24) is 0 Å². The van der Waals surface area contributed by atoms with Crippen molar-refractivity contribution < 1.29 is 0 Å². The van der Waals surface area contributed by atoms with Gasteiger partial charge in [-0.05, 0) is 13.8 Å². The van der Waals surface area contributed by atoms with Gasteiger partial charge in [-0.2, -0.15) is 0 Å². The summed E-state index contributed by atoms with van der Waals surface area (Å²) in [6.07, 6.45) is 4.00. The minimum atomic E-state index is 2.00. The maximum Gasteiger partial charge on any atom is 0.170 e. The molecule has 0 amide bonds. The quantitative estimate of drug-likeness (QED) is 0.456. The van der Waals surface area contributed by atoms with Crippen molar-refractivity contribution in [3.8, 4) is 0 Å². The minimum absolute atomic E-state index is 2.00. The molecule has 0 atom stereocenters. The Morgan fingerprint density at radius 2 is 1.43 bits per heavy atom. The van der Waals surface area contributed by atoms with E-state index in [2.05, 4.69) is 0 Å². The van der Waals surface area contributed by atoms with Gasteiger partial charge in [0.2, 0.25) is 0 Å². The lowest BCUT2D eigenvalue weighted by Gasteiger charge is -1.70. The van der Waals surface area contributed by atoms with E-state index in [9.17, 15) is 0 Å². The first-order valence-electron chi connectivity index (χ1n) is 2.49. The first-order valence-corrected chi connectivity index (χ1v) is 2.49. The van der Waals surface area contributed by atoms with E-state index >= 15 is 0 Å². The molecule has 1 radical (unpaired) electrons. The zero-order valence-electron chi connectivity index (χ0n) is 4.89. The highest BCUT2D eigenvalue weighted by atomic mass is 13.5. The molecule has 0 aromatic rings. The number of rotatable bonds is 2. The molecule has 0 nitrogen and oxygen atoms in total. The highest BCUT2D eigenvalue weighted by Gasteiger charge is 1.66. The number of hydrogen-bond acceptors (Lipinski definition) is 0. The van der Waals surface area contributed by atoms with E-state index in [1.807, 2.05) is 45.2 Å². The molecule has 0 aliphatic rings. The molecule has 0 fully saturated rings. The summed E-state index contributed by atoms with van der Waals surface area (Å²) in [4.78, 5) is 0. The fourth-order valence-corrected chi connectivity index (χ4v) is 0.286. The Labute approximate surface area is 46.2 Å². The lowest BCUT2D eigenvalue weighted by atomic mass is 9.78. The molecule has 0 unspecified atom stereocenters. The van der Waals surface area contributed by atoms with E-state index in [1.165, 1.54) is 0 Å². The predicted octanol–water partition coefficient (Wildman–Crippen LogP) is 1.76. The third-order valence-electron chi connectivity index (χ3n) is 0.607. The van der Waals surface area contributed by atoms with E-state index in [1.54, 1.807) is 0 Å². The minimum Gasteiger partial charge on any atom is -0.121 e. The number of hydrogen-bond donors (Lipinski definition) is 0. The standard InChI is InChI=1S/C6H10B/c1-3-5-7-6-4-2/h3-6H,1-2H3/b5-3+,6-4+. The molecule has 0 saturated carbocycles. The normalized spacial score (nSPS) is 11.1. The molecule has 0 saturated heterocycles. The second kappa shape index (κ2) is 5.54. The Hall–Kier alpha value is -0.455. The van der Waals surface area contributed by atoms with E-state index < -0.39 is 0 Å².